The minimum absolute atomic E-state index is 0.108. The van der Waals surface area contributed by atoms with Gasteiger partial charge in [-0.3, -0.25) is 4.72 Å². The quantitative estimate of drug-likeness (QED) is 0.462. The summed E-state index contributed by atoms with van der Waals surface area (Å²) in [5.74, 6) is 0. The Hall–Kier alpha value is -0.890. The lowest BCUT2D eigenvalue weighted by Gasteiger charge is -2.26. The standard InChI is InChI=1S/C13H26N4O2S/c1-3-4-5-9-16-12-7-6-8-13(11(12)10-14)17-20(18,19)15-2/h6,8,12,15-17H,3-5,7,9-10,14H2,1-2H3/t12-/m1/s1. The zero-order chi connectivity index (χ0) is 15.0. The summed E-state index contributed by atoms with van der Waals surface area (Å²) in [7, 11) is -2.13. The molecule has 1 aliphatic rings. The lowest BCUT2D eigenvalue weighted by Crippen LogP contribution is -2.40. The van der Waals surface area contributed by atoms with E-state index in [4.69, 9.17) is 5.73 Å². The van der Waals surface area contributed by atoms with Crippen LogP contribution < -0.4 is 20.5 Å². The van der Waals surface area contributed by atoms with Gasteiger partial charge in [-0.2, -0.15) is 8.42 Å². The van der Waals surface area contributed by atoms with Crippen LogP contribution in [0.15, 0.2) is 23.4 Å². The molecule has 20 heavy (non-hydrogen) atoms. The lowest BCUT2D eigenvalue weighted by atomic mass is 9.96. The second kappa shape index (κ2) is 8.41. The van der Waals surface area contributed by atoms with Crippen LogP contribution >= 0.6 is 0 Å². The first-order valence-electron chi connectivity index (χ1n) is 7.08. The van der Waals surface area contributed by atoms with Crippen LogP contribution in [0.2, 0.25) is 0 Å². The molecule has 1 rings (SSSR count). The number of rotatable bonds is 9. The van der Waals surface area contributed by atoms with Gasteiger partial charge >= 0.3 is 0 Å². The first-order chi connectivity index (χ1) is 9.54. The number of unbranched alkanes of at least 4 members (excludes halogenated alkanes) is 2. The smallest absolute Gasteiger partial charge is 0.298 e. The van der Waals surface area contributed by atoms with Gasteiger partial charge in [-0.1, -0.05) is 25.8 Å². The molecule has 1 atom stereocenters. The van der Waals surface area contributed by atoms with Crippen molar-refractivity contribution in [1.29, 1.82) is 0 Å². The van der Waals surface area contributed by atoms with E-state index in [-0.39, 0.29) is 6.04 Å². The van der Waals surface area contributed by atoms with E-state index in [0.29, 0.717) is 12.2 Å². The van der Waals surface area contributed by atoms with E-state index >= 15 is 0 Å². The Morgan fingerprint density at radius 2 is 2.15 bits per heavy atom. The minimum Gasteiger partial charge on any atom is -0.327 e. The normalized spacial score (nSPS) is 19.4. The first-order valence-corrected chi connectivity index (χ1v) is 8.56. The molecule has 116 valence electrons. The second-order valence-corrected chi connectivity index (χ2v) is 6.42. The van der Waals surface area contributed by atoms with Crippen molar-refractivity contribution in [3.05, 3.63) is 23.4 Å². The Morgan fingerprint density at radius 3 is 2.75 bits per heavy atom. The Balaban J connectivity index is 2.73. The summed E-state index contributed by atoms with van der Waals surface area (Å²) in [6.45, 7) is 3.42. The maximum absolute atomic E-state index is 11.6. The van der Waals surface area contributed by atoms with E-state index in [1.165, 1.54) is 19.9 Å². The van der Waals surface area contributed by atoms with Crippen molar-refractivity contribution in [3.63, 3.8) is 0 Å². The van der Waals surface area contributed by atoms with Crippen molar-refractivity contribution >= 4 is 10.2 Å². The summed E-state index contributed by atoms with van der Waals surface area (Å²) >= 11 is 0. The summed E-state index contributed by atoms with van der Waals surface area (Å²) in [6, 6.07) is 0.108. The van der Waals surface area contributed by atoms with E-state index in [1.54, 1.807) is 6.08 Å². The minimum atomic E-state index is -3.51. The van der Waals surface area contributed by atoms with Gasteiger partial charge in [-0.05, 0) is 31.0 Å². The van der Waals surface area contributed by atoms with Crippen molar-refractivity contribution in [3.8, 4) is 0 Å². The van der Waals surface area contributed by atoms with Gasteiger partial charge < -0.3 is 11.1 Å². The first kappa shape index (κ1) is 17.2. The van der Waals surface area contributed by atoms with E-state index in [0.717, 1.165) is 25.0 Å². The molecule has 0 saturated heterocycles. The molecular weight excluding hydrogens is 276 g/mol. The van der Waals surface area contributed by atoms with Gasteiger partial charge in [-0.25, -0.2) is 4.72 Å². The van der Waals surface area contributed by atoms with E-state index in [9.17, 15) is 8.42 Å². The molecule has 0 aromatic heterocycles. The molecule has 0 fully saturated rings. The van der Waals surface area contributed by atoms with Crippen molar-refractivity contribution in [1.82, 2.24) is 14.8 Å². The fourth-order valence-corrected chi connectivity index (χ4v) is 2.76. The fourth-order valence-electron chi connectivity index (χ4n) is 2.16. The zero-order valence-corrected chi connectivity index (χ0v) is 13.1. The number of hydrogen-bond acceptors (Lipinski definition) is 4. The number of nitrogens with one attached hydrogen (secondary N) is 3. The fraction of sp³-hybridized carbons (Fsp3) is 0.692. The molecule has 0 aromatic carbocycles. The summed E-state index contributed by atoms with van der Waals surface area (Å²) in [4.78, 5) is 0. The van der Waals surface area contributed by atoms with Gasteiger partial charge in [0.05, 0.1) is 5.70 Å². The third kappa shape index (κ3) is 5.24. The molecular formula is C13H26N4O2S. The summed E-state index contributed by atoms with van der Waals surface area (Å²) < 4.78 is 27.9. The van der Waals surface area contributed by atoms with Crippen molar-refractivity contribution in [2.75, 3.05) is 20.1 Å². The Bertz CT molecular complexity index is 457. The highest BCUT2D eigenvalue weighted by atomic mass is 32.2. The topological polar surface area (TPSA) is 96.2 Å². The Morgan fingerprint density at radius 1 is 1.40 bits per heavy atom. The molecule has 0 saturated carbocycles. The lowest BCUT2D eigenvalue weighted by molar-refractivity contribution is 0.531. The van der Waals surface area contributed by atoms with Crippen LogP contribution in [0.1, 0.15) is 32.6 Å². The second-order valence-electron chi connectivity index (χ2n) is 4.80. The van der Waals surface area contributed by atoms with Crippen LogP contribution in [0, 0.1) is 0 Å². The van der Waals surface area contributed by atoms with Crippen LogP contribution in [0.25, 0.3) is 0 Å². The molecule has 0 unspecified atom stereocenters. The van der Waals surface area contributed by atoms with Gasteiger partial charge in [0.15, 0.2) is 0 Å². The Labute approximate surface area is 122 Å². The number of allylic oxidation sites excluding steroid dienone is 1. The third-order valence-corrected chi connectivity index (χ3v) is 4.35. The highest BCUT2D eigenvalue weighted by Gasteiger charge is 2.20. The van der Waals surface area contributed by atoms with Gasteiger partial charge in [0.1, 0.15) is 0 Å². The molecule has 0 aliphatic heterocycles. The average Bonchev–Trinajstić information content (AvgIpc) is 2.43. The van der Waals surface area contributed by atoms with Gasteiger partial charge in [0.2, 0.25) is 0 Å². The molecule has 7 heteroatoms. The molecule has 0 aromatic rings. The van der Waals surface area contributed by atoms with Crippen LogP contribution in [-0.4, -0.2) is 34.6 Å². The molecule has 0 spiro atoms. The summed E-state index contributed by atoms with van der Waals surface area (Å²) in [5, 5.41) is 3.45. The largest absolute Gasteiger partial charge is 0.327 e. The monoisotopic (exact) mass is 302 g/mol. The molecule has 0 radical (unpaired) electrons. The molecule has 1 aliphatic carbocycles. The van der Waals surface area contributed by atoms with E-state index in [2.05, 4.69) is 21.7 Å². The predicted molar refractivity (Wildman–Crippen MR) is 82.3 cm³/mol. The number of hydrogen-bond donors (Lipinski definition) is 4. The molecule has 0 amide bonds. The van der Waals surface area contributed by atoms with Gasteiger partial charge in [0, 0.05) is 19.6 Å². The predicted octanol–water partition coefficient (Wildman–Crippen LogP) is 0.361. The van der Waals surface area contributed by atoms with Crippen molar-refractivity contribution in [2.24, 2.45) is 5.73 Å². The SMILES string of the molecule is CCCCCN[C@@H]1CC=CC(NS(=O)(=O)NC)=C1CN. The zero-order valence-electron chi connectivity index (χ0n) is 12.3. The van der Waals surface area contributed by atoms with E-state index in [1.807, 2.05) is 6.08 Å². The van der Waals surface area contributed by atoms with Gasteiger partial charge in [-0.15, -0.1) is 0 Å². The summed E-state index contributed by atoms with van der Waals surface area (Å²) in [6.07, 6.45) is 8.07. The molecule has 0 heterocycles. The maximum atomic E-state index is 11.6. The maximum Gasteiger partial charge on any atom is 0.298 e. The molecule has 6 nitrogen and oxygen atoms in total. The van der Waals surface area contributed by atoms with E-state index < -0.39 is 10.2 Å². The average molecular weight is 302 g/mol. The molecule has 0 bridgehead atoms. The summed E-state index contributed by atoms with van der Waals surface area (Å²) in [5.41, 5.74) is 7.26. The van der Waals surface area contributed by atoms with Crippen molar-refractivity contribution in [2.45, 2.75) is 38.6 Å². The van der Waals surface area contributed by atoms with Gasteiger partial charge in [0.25, 0.3) is 10.2 Å². The van der Waals surface area contributed by atoms with Crippen molar-refractivity contribution < 1.29 is 8.42 Å². The molecule has 5 N–H and O–H groups in total. The Kier molecular flexibility index (Phi) is 7.22. The number of nitrogens with two attached hydrogens (primary N) is 1. The third-order valence-electron chi connectivity index (χ3n) is 3.33. The van der Waals surface area contributed by atoms with Crippen LogP contribution in [-0.2, 0) is 10.2 Å². The highest BCUT2D eigenvalue weighted by molar-refractivity contribution is 7.87. The van der Waals surface area contributed by atoms with Crippen LogP contribution in [0.4, 0.5) is 0 Å². The van der Waals surface area contributed by atoms with Crippen LogP contribution in [0.3, 0.4) is 0 Å². The van der Waals surface area contributed by atoms with Crippen LogP contribution in [0.5, 0.6) is 0 Å². The highest BCUT2D eigenvalue weighted by Crippen LogP contribution is 2.17.